The van der Waals surface area contributed by atoms with Crippen LogP contribution in [0.1, 0.15) is 17.0 Å². The van der Waals surface area contributed by atoms with Crippen molar-refractivity contribution in [2.75, 3.05) is 13.7 Å². The van der Waals surface area contributed by atoms with Crippen molar-refractivity contribution < 1.29 is 9.53 Å². The maximum absolute atomic E-state index is 11.2. The number of benzene rings is 1. The summed E-state index contributed by atoms with van der Waals surface area (Å²) in [6, 6.07) is 13.9. The van der Waals surface area contributed by atoms with Gasteiger partial charge in [-0.25, -0.2) is 4.79 Å². The third-order valence-corrected chi connectivity index (χ3v) is 2.95. The van der Waals surface area contributed by atoms with Crippen molar-refractivity contribution in [2.45, 2.75) is 5.92 Å². The molecule has 98 valence electrons. The standard InChI is InChI=1S/C15H16N2O2/c1-19-15(18)17-11-14(12-5-3-2-4-6-12)13-7-9-16-10-8-13/h2-10,14H,11H2,1H3,(H,17,18). The Kier molecular flexibility index (Phi) is 4.50. The van der Waals surface area contributed by atoms with Gasteiger partial charge in [0.05, 0.1) is 7.11 Å². The number of amides is 1. The molecular weight excluding hydrogens is 240 g/mol. The summed E-state index contributed by atoms with van der Waals surface area (Å²) in [6.45, 7) is 0.487. The molecule has 0 saturated heterocycles. The molecule has 1 amide bonds. The quantitative estimate of drug-likeness (QED) is 0.914. The highest BCUT2D eigenvalue weighted by atomic mass is 16.5. The molecule has 0 spiro atoms. The summed E-state index contributed by atoms with van der Waals surface area (Å²) in [7, 11) is 1.36. The molecule has 1 aromatic heterocycles. The lowest BCUT2D eigenvalue weighted by Gasteiger charge is -2.18. The molecule has 4 nitrogen and oxygen atoms in total. The predicted octanol–water partition coefficient (Wildman–Crippen LogP) is 2.57. The topological polar surface area (TPSA) is 51.2 Å². The Morgan fingerprint density at radius 2 is 1.79 bits per heavy atom. The molecule has 0 saturated carbocycles. The molecule has 1 aromatic carbocycles. The third kappa shape index (κ3) is 3.55. The summed E-state index contributed by atoms with van der Waals surface area (Å²) in [5.41, 5.74) is 2.25. The van der Waals surface area contributed by atoms with Crippen LogP contribution in [0.3, 0.4) is 0 Å². The normalized spacial score (nSPS) is 11.6. The minimum atomic E-state index is -0.421. The average Bonchev–Trinajstić information content (AvgIpc) is 2.49. The minimum Gasteiger partial charge on any atom is -0.453 e. The largest absolute Gasteiger partial charge is 0.453 e. The number of hydrogen-bond acceptors (Lipinski definition) is 3. The summed E-state index contributed by atoms with van der Waals surface area (Å²) >= 11 is 0. The van der Waals surface area contributed by atoms with Crippen molar-refractivity contribution in [1.82, 2.24) is 10.3 Å². The van der Waals surface area contributed by atoms with E-state index in [0.29, 0.717) is 6.54 Å². The molecule has 0 fully saturated rings. The molecular formula is C15H16N2O2. The minimum absolute atomic E-state index is 0.0864. The van der Waals surface area contributed by atoms with Gasteiger partial charge in [-0.1, -0.05) is 30.3 Å². The van der Waals surface area contributed by atoms with E-state index in [1.54, 1.807) is 12.4 Å². The second-order valence-corrected chi connectivity index (χ2v) is 4.12. The zero-order valence-corrected chi connectivity index (χ0v) is 10.7. The lowest BCUT2D eigenvalue weighted by atomic mass is 9.92. The third-order valence-electron chi connectivity index (χ3n) is 2.95. The van der Waals surface area contributed by atoms with Crippen molar-refractivity contribution >= 4 is 6.09 Å². The highest BCUT2D eigenvalue weighted by molar-refractivity contribution is 5.67. The first kappa shape index (κ1) is 13.1. The van der Waals surface area contributed by atoms with Crippen LogP contribution in [0.4, 0.5) is 4.79 Å². The van der Waals surface area contributed by atoms with E-state index in [2.05, 4.69) is 15.0 Å². The van der Waals surface area contributed by atoms with Crippen molar-refractivity contribution in [3.05, 3.63) is 66.0 Å². The molecule has 1 atom stereocenters. The molecule has 4 heteroatoms. The first-order valence-electron chi connectivity index (χ1n) is 6.08. The number of nitrogens with zero attached hydrogens (tertiary/aromatic N) is 1. The highest BCUT2D eigenvalue weighted by Gasteiger charge is 2.15. The predicted molar refractivity (Wildman–Crippen MR) is 72.9 cm³/mol. The summed E-state index contributed by atoms with van der Waals surface area (Å²) in [6.07, 6.45) is 3.09. The molecule has 0 aliphatic carbocycles. The Hall–Kier alpha value is -2.36. The van der Waals surface area contributed by atoms with Crippen molar-refractivity contribution in [2.24, 2.45) is 0 Å². The first-order valence-corrected chi connectivity index (χ1v) is 6.08. The van der Waals surface area contributed by atoms with Crippen LogP contribution in [-0.4, -0.2) is 24.7 Å². The zero-order valence-electron chi connectivity index (χ0n) is 10.7. The number of ether oxygens (including phenoxy) is 1. The van der Waals surface area contributed by atoms with Crippen molar-refractivity contribution in [3.8, 4) is 0 Å². The van der Waals surface area contributed by atoms with E-state index in [0.717, 1.165) is 11.1 Å². The summed E-state index contributed by atoms with van der Waals surface area (Å²) < 4.78 is 4.61. The number of carbonyl (C=O) groups excluding carboxylic acids is 1. The lowest BCUT2D eigenvalue weighted by molar-refractivity contribution is 0.170. The molecule has 19 heavy (non-hydrogen) atoms. The molecule has 2 rings (SSSR count). The number of methoxy groups -OCH3 is 1. The van der Waals surface area contributed by atoms with E-state index >= 15 is 0 Å². The van der Waals surface area contributed by atoms with Gasteiger partial charge in [-0.3, -0.25) is 4.98 Å². The molecule has 0 aliphatic rings. The van der Waals surface area contributed by atoms with Crippen LogP contribution in [0.2, 0.25) is 0 Å². The molecule has 0 bridgehead atoms. The summed E-state index contributed by atoms with van der Waals surface area (Å²) in [5.74, 6) is 0.0864. The lowest BCUT2D eigenvalue weighted by Crippen LogP contribution is -2.28. The molecule has 2 aromatic rings. The number of hydrogen-bond donors (Lipinski definition) is 1. The number of rotatable bonds is 4. The smallest absolute Gasteiger partial charge is 0.406 e. The van der Waals surface area contributed by atoms with E-state index in [1.165, 1.54) is 7.11 Å². The Morgan fingerprint density at radius 3 is 2.42 bits per heavy atom. The van der Waals surface area contributed by atoms with Gasteiger partial charge in [0.1, 0.15) is 0 Å². The van der Waals surface area contributed by atoms with Gasteiger partial charge in [-0.05, 0) is 23.3 Å². The molecule has 0 aliphatic heterocycles. The van der Waals surface area contributed by atoms with Crippen LogP contribution in [-0.2, 0) is 4.74 Å². The molecule has 1 unspecified atom stereocenters. The number of nitrogens with one attached hydrogen (secondary N) is 1. The van der Waals surface area contributed by atoms with Crippen molar-refractivity contribution in [1.29, 1.82) is 0 Å². The average molecular weight is 256 g/mol. The Morgan fingerprint density at radius 1 is 1.16 bits per heavy atom. The summed E-state index contributed by atoms with van der Waals surface area (Å²) in [5, 5.41) is 2.75. The number of carbonyl (C=O) groups is 1. The van der Waals surface area contributed by atoms with Gasteiger partial charge >= 0.3 is 6.09 Å². The Labute approximate surface area is 112 Å². The maximum atomic E-state index is 11.2. The number of pyridine rings is 1. The van der Waals surface area contributed by atoms with Crippen LogP contribution < -0.4 is 5.32 Å². The molecule has 0 radical (unpaired) electrons. The van der Waals surface area contributed by atoms with Crippen LogP contribution in [0.5, 0.6) is 0 Å². The maximum Gasteiger partial charge on any atom is 0.406 e. The number of alkyl carbamates (subject to hydrolysis) is 1. The van der Waals surface area contributed by atoms with Crippen LogP contribution in [0.15, 0.2) is 54.9 Å². The van der Waals surface area contributed by atoms with E-state index in [4.69, 9.17) is 0 Å². The van der Waals surface area contributed by atoms with Crippen LogP contribution >= 0.6 is 0 Å². The second-order valence-electron chi connectivity index (χ2n) is 4.12. The highest BCUT2D eigenvalue weighted by Crippen LogP contribution is 2.23. The molecule has 1 N–H and O–H groups in total. The van der Waals surface area contributed by atoms with Gasteiger partial charge in [-0.15, -0.1) is 0 Å². The van der Waals surface area contributed by atoms with Gasteiger partial charge in [-0.2, -0.15) is 0 Å². The van der Waals surface area contributed by atoms with E-state index in [9.17, 15) is 4.79 Å². The fourth-order valence-electron chi connectivity index (χ4n) is 1.97. The van der Waals surface area contributed by atoms with Gasteiger partial charge in [0, 0.05) is 24.9 Å². The number of aromatic nitrogens is 1. The molecule has 1 heterocycles. The van der Waals surface area contributed by atoms with Gasteiger partial charge in [0.2, 0.25) is 0 Å². The Bertz CT molecular complexity index is 475. The van der Waals surface area contributed by atoms with Gasteiger partial charge in [0.25, 0.3) is 0 Å². The fraction of sp³-hybridized carbons (Fsp3) is 0.200. The van der Waals surface area contributed by atoms with Crippen molar-refractivity contribution in [3.63, 3.8) is 0 Å². The van der Waals surface area contributed by atoms with E-state index in [1.807, 2.05) is 42.5 Å². The fourth-order valence-corrected chi connectivity index (χ4v) is 1.97. The second kappa shape index (κ2) is 6.54. The summed E-state index contributed by atoms with van der Waals surface area (Å²) in [4.78, 5) is 15.3. The van der Waals surface area contributed by atoms with E-state index in [-0.39, 0.29) is 5.92 Å². The van der Waals surface area contributed by atoms with Gasteiger partial charge in [0.15, 0.2) is 0 Å². The zero-order chi connectivity index (χ0) is 13.5. The first-order chi connectivity index (χ1) is 9.31. The monoisotopic (exact) mass is 256 g/mol. The van der Waals surface area contributed by atoms with E-state index < -0.39 is 6.09 Å². The Balaban J connectivity index is 2.21. The van der Waals surface area contributed by atoms with Crippen LogP contribution in [0, 0.1) is 0 Å². The van der Waals surface area contributed by atoms with Gasteiger partial charge < -0.3 is 10.1 Å². The SMILES string of the molecule is COC(=O)NCC(c1ccccc1)c1ccncc1. The van der Waals surface area contributed by atoms with Crippen LogP contribution in [0.25, 0.3) is 0 Å².